The van der Waals surface area contributed by atoms with Crippen LogP contribution in [0.5, 0.6) is 0 Å². The van der Waals surface area contributed by atoms with Gasteiger partial charge in [0.1, 0.15) is 0 Å². The summed E-state index contributed by atoms with van der Waals surface area (Å²) in [5.74, 6) is -1.07. The summed E-state index contributed by atoms with van der Waals surface area (Å²) in [6, 6.07) is 0.183. The highest BCUT2D eigenvalue weighted by atomic mass is 16.4. The number of aliphatic carboxylic acids is 1. The summed E-state index contributed by atoms with van der Waals surface area (Å²) in [6.07, 6.45) is 8.42. The third-order valence-corrected chi connectivity index (χ3v) is 4.90. The van der Waals surface area contributed by atoms with Crippen LogP contribution in [0.25, 0.3) is 0 Å². The van der Waals surface area contributed by atoms with Crippen molar-refractivity contribution in [3.05, 3.63) is 0 Å². The van der Waals surface area contributed by atoms with Crippen molar-refractivity contribution >= 4 is 11.9 Å². The molecule has 19 heavy (non-hydrogen) atoms. The average molecular weight is 267 g/mol. The Morgan fingerprint density at radius 2 is 1.63 bits per heavy atom. The second-order valence-corrected chi connectivity index (χ2v) is 6.18. The zero-order valence-electron chi connectivity index (χ0n) is 11.7. The van der Waals surface area contributed by atoms with E-state index in [0.29, 0.717) is 12.3 Å². The van der Waals surface area contributed by atoms with Crippen LogP contribution in [0.4, 0.5) is 0 Å². The van der Waals surface area contributed by atoms with Gasteiger partial charge < -0.3 is 10.4 Å². The molecule has 4 heteroatoms. The number of hydrogen-bond acceptors (Lipinski definition) is 2. The molecule has 0 bridgehead atoms. The molecule has 0 aromatic rings. The lowest BCUT2D eigenvalue weighted by Gasteiger charge is -2.29. The third kappa shape index (κ3) is 3.48. The number of amides is 1. The second-order valence-electron chi connectivity index (χ2n) is 6.18. The smallest absolute Gasteiger partial charge is 0.307 e. The lowest BCUT2D eigenvalue weighted by molar-refractivity contribution is -0.146. The summed E-state index contributed by atoms with van der Waals surface area (Å²) >= 11 is 0. The first-order valence-electron chi connectivity index (χ1n) is 7.62. The average Bonchev–Trinajstić information content (AvgIpc) is 2.89. The van der Waals surface area contributed by atoms with Gasteiger partial charge in [-0.25, -0.2) is 0 Å². The van der Waals surface area contributed by atoms with E-state index in [9.17, 15) is 9.59 Å². The maximum atomic E-state index is 12.2. The molecule has 2 N–H and O–H groups in total. The van der Waals surface area contributed by atoms with Crippen LogP contribution in [0.3, 0.4) is 0 Å². The lowest BCUT2D eigenvalue weighted by atomic mass is 9.84. The Morgan fingerprint density at radius 1 is 1.00 bits per heavy atom. The van der Waals surface area contributed by atoms with Crippen molar-refractivity contribution in [2.24, 2.45) is 17.8 Å². The first-order valence-corrected chi connectivity index (χ1v) is 7.62. The van der Waals surface area contributed by atoms with Gasteiger partial charge >= 0.3 is 5.97 Å². The minimum absolute atomic E-state index is 0.0389. The van der Waals surface area contributed by atoms with Gasteiger partial charge in [0.05, 0.1) is 11.8 Å². The predicted molar refractivity (Wildman–Crippen MR) is 72.6 cm³/mol. The van der Waals surface area contributed by atoms with Gasteiger partial charge in [-0.2, -0.15) is 0 Å². The molecule has 0 aromatic heterocycles. The number of carboxylic acids is 1. The van der Waals surface area contributed by atoms with Gasteiger partial charge in [-0.05, 0) is 38.5 Å². The molecule has 2 unspecified atom stereocenters. The minimum Gasteiger partial charge on any atom is -0.481 e. The first-order chi connectivity index (χ1) is 9.09. The molecule has 2 aliphatic rings. The summed E-state index contributed by atoms with van der Waals surface area (Å²) in [7, 11) is 0. The fraction of sp³-hybridized carbons (Fsp3) is 0.867. The monoisotopic (exact) mass is 267 g/mol. The van der Waals surface area contributed by atoms with Crippen molar-refractivity contribution in [3.8, 4) is 0 Å². The van der Waals surface area contributed by atoms with Crippen LogP contribution in [0, 0.1) is 17.8 Å². The Kier molecular flexibility index (Phi) is 4.83. The van der Waals surface area contributed by atoms with Crippen LogP contribution in [0.15, 0.2) is 0 Å². The molecule has 3 atom stereocenters. The maximum absolute atomic E-state index is 12.2. The Bertz CT molecular complexity index is 336. The molecule has 0 radical (unpaired) electrons. The van der Waals surface area contributed by atoms with Crippen LogP contribution >= 0.6 is 0 Å². The molecule has 0 heterocycles. The molecule has 2 rings (SSSR count). The third-order valence-electron chi connectivity index (χ3n) is 4.90. The molecule has 4 nitrogen and oxygen atoms in total. The van der Waals surface area contributed by atoms with Crippen LogP contribution in [-0.2, 0) is 9.59 Å². The van der Waals surface area contributed by atoms with Gasteiger partial charge in [-0.15, -0.1) is 0 Å². The molecule has 0 aromatic carbocycles. The number of nitrogens with one attached hydrogen (secondary N) is 1. The zero-order chi connectivity index (χ0) is 13.8. The Morgan fingerprint density at radius 3 is 2.26 bits per heavy atom. The van der Waals surface area contributed by atoms with Crippen molar-refractivity contribution in [1.82, 2.24) is 5.32 Å². The largest absolute Gasteiger partial charge is 0.481 e. The summed E-state index contributed by atoms with van der Waals surface area (Å²) in [4.78, 5) is 23.4. The van der Waals surface area contributed by atoms with Gasteiger partial charge in [0.25, 0.3) is 0 Å². The van der Waals surface area contributed by atoms with Gasteiger partial charge in [0.2, 0.25) is 5.91 Å². The van der Waals surface area contributed by atoms with E-state index in [1.54, 1.807) is 0 Å². The fourth-order valence-corrected chi connectivity index (χ4v) is 3.65. The minimum atomic E-state index is -0.817. The number of carbonyl (C=O) groups is 2. The molecule has 0 saturated heterocycles. The van der Waals surface area contributed by atoms with Crippen LogP contribution in [-0.4, -0.2) is 23.0 Å². The van der Waals surface area contributed by atoms with Gasteiger partial charge in [-0.3, -0.25) is 9.59 Å². The zero-order valence-corrected chi connectivity index (χ0v) is 11.7. The highest BCUT2D eigenvalue weighted by Crippen LogP contribution is 2.33. The maximum Gasteiger partial charge on any atom is 0.307 e. The highest BCUT2D eigenvalue weighted by Gasteiger charge is 2.38. The summed E-state index contributed by atoms with van der Waals surface area (Å²) in [6.45, 7) is 2.07. The summed E-state index contributed by atoms with van der Waals surface area (Å²) < 4.78 is 0. The van der Waals surface area contributed by atoms with Crippen molar-refractivity contribution in [1.29, 1.82) is 0 Å². The molecular weight excluding hydrogens is 242 g/mol. The molecule has 2 fully saturated rings. The molecule has 108 valence electrons. The van der Waals surface area contributed by atoms with Crippen LogP contribution < -0.4 is 5.32 Å². The van der Waals surface area contributed by atoms with E-state index in [4.69, 9.17) is 5.11 Å². The van der Waals surface area contributed by atoms with E-state index < -0.39 is 11.9 Å². The van der Waals surface area contributed by atoms with E-state index >= 15 is 0 Å². The number of carbonyl (C=O) groups excluding carboxylic acids is 1. The van der Waals surface area contributed by atoms with Crippen molar-refractivity contribution in [2.75, 3.05) is 0 Å². The highest BCUT2D eigenvalue weighted by molar-refractivity contribution is 5.85. The second kappa shape index (κ2) is 6.40. The standard InChI is InChI=1S/C15H25NO3/c1-10(11-6-3-2-4-7-11)16-14(17)12-8-5-9-13(12)15(18)19/h10-13H,2-9H2,1H3,(H,16,17)(H,18,19)/t10-,12?,13?/m0/s1. The fourth-order valence-electron chi connectivity index (χ4n) is 3.65. The normalized spacial score (nSPS) is 29.9. The van der Waals surface area contributed by atoms with Crippen molar-refractivity contribution < 1.29 is 14.7 Å². The molecule has 0 spiro atoms. The Labute approximate surface area is 115 Å². The van der Waals surface area contributed by atoms with Crippen molar-refractivity contribution in [2.45, 2.75) is 64.3 Å². The Hall–Kier alpha value is -1.06. The Balaban J connectivity index is 1.87. The SMILES string of the molecule is C[C@H](NC(=O)C1CCCC1C(=O)O)C1CCCCC1. The van der Waals surface area contributed by atoms with Crippen LogP contribution in [0.2, 0.25) is 0 Å². The van der Waals surface area contributed by atoms with E-state index in [1.807, 2.05) is 0 Å². The van der Waals surface area contributed by atoms with Crippen molar-refractivity contribution in [3.63, 3.8) is 0 Å². The molecule has 1 amide bonds. The van der Waals surface area contributed by atoms with Gasteiger partial charge in [0, 0.05) is 6.04 Å². The van der Waals surface area contributed by atoms with E-state index in [1.165, 1.54) is 32.1 Å². The molecule has 0 aliphatic heterocycles. The summed E-state index contributed by atoms with van der Waals surface area (Å²) in [5, 5.41) is 12.2. The number of rotatable bonds is 4. The first kappa shape index (κ1) is 14.4. The van der Waals surface area contributed by atoms with E-state index in [-0.39, 0.29) is 17.9 Å². The van der Waals surface area contributed by atoms with E-state index in [0.717, 1.165) is 12.8 Å². The number of hydrogen-bond donors (Lipinski definition) is 2. The molecule has 2 saturated carbocycles. The molecular formula is C15H25NO3. The topological polar surface area (TPSA) is 66.4 Å². The van der Waals surface area contributed by atoms with Gasteiger partial charge in [0.15, 0.2) is 0 Å². The lowest BCUT2D eigenvalue weighted by Crippen LogP contribution is -2.43. The van der Waals surface area contributed by atoms with E-state index in [2.05, 4.69) is 12.2 Å². The summed E-state index contributed by atoms with van der Waals surface area (Å²) in [5.41, 5.74) is 0. The predicted octanol–water partition coefficient (Wildman–Crippen LogP) is 2.57. The quantitative estimate of drug-likeness (QED) is 0.822. The van der Waals surface area contributed by atoms with Crippen LogP contribution in [0.1, 0.15) is 58.3 Å². The molecule has 2 aliphatic carbocycles. The number of carboxylic acid groups (broad SMARTS) is 1. The van der Waals surface area contributed by atoms with Gasteiger partial charge in [-0.1, -0.05) is 25.7 Å².